The summed E-state index contributed by atoms with van der Waals surface area (Å²) in [5, 5.41) is 11.4. The number of anilines is 1. The van der Waals surface area contributed by atoms with E-state index in [0.717, 1.165) is 17.0 Å². The van der Waals surface area contributed by atoms with Crippen LogP contribution in [0, 0.1) is 11.6 Å². The predicted octanol–water partition coefficient (Wildman–Crippen LogP) is 5.50. The number of amides is 1. The molecule has 0 aliphatic carbocycles. The number of furan rings is 1. The lowest BCUT2D eigenvalue weighted by Gasteiger charge is -2.27. The first-order valence-electron chi connectivity index (χ1n) is 10.3. The Hall–Kier alpha value is -4.46. The van der Waals surface area contributed by atoms with Crippen molar-refractivity contribution in [1.29, 1.82) is 0 Å². The highest BCUT2D eigenvalue weighted by atomic mass is 19.1. The fourth-order valence-electron chi connectivity index (χ4n) is 4.14. The van der Waals surface area contributed by atoms with Crippen molar-refractivity contribution < 1.29 is 32.6 Å². The molecule has 1 N–H and O–H groups in total. The Balaban J connectivity index is 1.68. The highest BCUT2D eigenvalue weighted by Crippen LogP contribution is 2.43. The van der Waals surface area contributed by atoms with Gasteiger partial charge in [-0.2, -0.15) is 0 Å². The molecule has 0 saturated heterocycles. The molecule has 0 bridgehead atoms. The lowest BCUT2D eigenvalue weighted by molar-refractivity contribution is -0.117. The number of carbonyl (C=O) groups excluding carboxylic acids is 2. The number of methoxy groups -OCH3 is 1. The molecule has 5 rings (SSSR count). The number of ketones is 1. The Kier molecular flexibility index (Phi) is 5.13. The molecule has 170 valence electrons. The Bertz CT molecular complexity index is 1470. The van der Waals surface area contributed by atoms with Crippen LogP contribution in [0.4, 0.5) is 14.5 Å². The summed E-state index contributed by atoms with van der Waals surface area (Å²) in [6.45, 7) is 0. The number of para-hydroxylation sites is 1. The van der Waals surface area contributed by atoms with Crippen molar-refractivity contribution in [1.82, 2.24) is 0 Å². The molecule has 0 fully saturated rings. The van der Waals surface area contributed by atoms with Gasteiger partial charge in [0.15, 0.2) is 22.9 Å². The van der Waals surface area contributed by atoms with Crippen molar-refractivity contribution in [3.8, 4) is 5.75 Å². The molecule has 2 heterocycles. The first-order valence-corrected chi connectivity index (χ1v) is 10.3. The van der Waals surface area contributed by atoms with Gasteiger partial charge in [-0.1, -0.05) is 30.3 Å². The number of hydrogen-bond acceptors (Lipinski definition) is 5. The van der Waals surface area contributed by atoms with Gasteiger partial charge in [-0.3, -0.25) is 14.5 Å². The summed E-state index contributed by atoms with van der Waals surface area (Å²) in [5.74, 6) is -3.53. The van der Waals surface area contributed by atoms with E-state index >= 15 is 0 Å². The van der Waals surface area contributed by atoms with Gasteiger partial charge in [0.1, 0.15) is 11.6 Å². The van der Waals surface area contributed by atoms with Gasteiger partial charge >= 0.3 is 0 Å². The van der Waals surface area contributed by atoms with Crippen LogP contribution in [-0.4, -0.2) is 23.9 Å². The predicted molar refractivity (Wildman–Crippen MR) is 120 cm³/mol. The first kappa shape index (κ1) is 21.4. The van der Waals surface area contributed by atoms with E-state index in [9.17, 15) is 23.5 Å². The van der Waals surface area contributed by atoms with Crippen molar-refractivity contribution in [2.75, 3.05) is 12.0 Å². The minimum atomic E-state index is -1.30. The number of aliphatic hydroxyl groups excluding tert-OH is 1. The number of carbonyl (C=O) groups is 2. The molecule has 8 heteroatoms. The summed E-state index contributed by atoms with van der Waals surface area (Å²) in [6.07, 6.45) is 0. The van der Waals surface area contributed by atoms with Crippen LogP contribution in [0.3, 0.4) is 0 Å². The van der Waals surface area contributed by atoms with Crippen LogP contribution in [0.1, 0.15) is 22.2 Å². The second-order valence-corrected chi connectivity index (χ2v) is 7.66. The third kappa shape index (κ3) is 3.31. The van der Waals surface area contributed by atoms with E-state index in [1.807, 2.05) is 0 Å². The maximum absolute atomic E-state index is 14.9. The molecule has 1 aliphatic rings. The highest BCUT2D eigenvalue weighted by molar-refractivity contribution is 6.20. The molecule has 3 aromatic carbocycles. The van der Waals surface area contributed by atoms with E-state index in [1.54, 1.807) is 24.3 Å². The third-order valence-corrected chi connectivity index (χ3v) is 5.71. The van der Waals surface area contributed by atoms with Gasteiger partial charge < -0.3 is 14.3 Å². The average molecular weight is 461 g/mol. The number of hydrogen-bond donors (Lipinski definition) is 1. The van der Waals surface area contributed by atoms with E-state index in [-0.39, 0.29) is 22.6 Å². The van der Waals surface area contributed by atoms with Crippen LogP contribution >= 0.6 is 0 Å². The smallest absolute Gasteiger partial charge is 0.294 e. The average Bonchev–Trinajstić information content (AvgIpc) is 3.39. The summed E-state index contributed by atoms with van der Waals surface area (Å²) in [5.41, 5.74) is 0.134. The number of nitrogens with zero attached hydrogens (tertiary/aromatic N) is 1. The molecule has 1 aliphatic heterocycles. The quantitative estimate of drug-likeness (QED) is 0.397. The maximum atomic E-state index is 14.9. The van der Waals surface area contributed by atoms with Crippen molar-refractivity contribution >= 4 is 28.3 Å². The molecule has 1 unspecified atom stereocenters. The second-order valence-electron chi connectivity index (χ2n) is 7.66. The maximum Gasteiger partial charge on any atom is 0.294 e. The number of aliphatic hydroxyl groups is 1. The van der Waals surface area contributed by atoms with Gasteiger partial charge in [-0.25, -0.2) is 8.78 Å². The van der Waals surface area contributed by atoms with Crippen molar-refractivity contribution in [3.63, 3.8) is 0 Å². The van der Waals surface area contributed by atoms with E-state index in [4.69, 9.17) is 9.15 Å². The van der Waals surface area contributed by atoms with Gasteiger partial charge in [0.2, 0.25) is 5.78 Å². The normalized spacial score (nSPS) is 15.9. The van der Waals surface area contributed by atoms with Crippen LogP contribution in [0.5, 0.6) is 5.75 Å². The monoisotopic (exact) mass is 461 g/mol. The van der Waals surface area contributed by atoms with E-state index in [2.05, 4.69) is 0 Å². The van der Waals surface area contributed by atoms with Crippen molar-refractivity contribution in [2.24, 2.45) is 0 Å². The van der Waals surface area contributed by atoms with Gasteiger partial charge in [-0.05, 0) is 42.5 Å². The summed E-state index contributed by atoms with van der Waals surface area (Å²) in [7, 11) is 1.46. The van der Waals surface area contributed by atoms with Crippen LogP contribution < -0.4 is 9.64 Å². The van der Waals surface area contributed by atoms with E-state index in [1.165, 1.54) is 43.5 Å². The lowest BCUT2D eigenvalue weighted by Crippen LogP contribution is -2.31. The molecular weight excluding hydrogens is 444 g/mol. The topological polar surface area (TPSA) is 80.0 Å². The lowest BCUT2D eigenvalue weighted by atomic mass is 9.94. The zero-order valence-corrected chi connectivity index (χ0v) is 17.8. The van der Waals surface area contributed by atoms with E-state index in [0.29, 0.717) is 16.7 Å². The zero-order chi connectivity index (χ0) is 24.0. The number of halogens is 2. The Morgan fingerprint density at radius 2 is 1.76 bits per heavy atom. The van der Waals surface area contributed by atoms with Crippen LogP contribution in [0.15, 0.2) is 88.5 Å². The molecule has 4 aromatic rings. The van der Waals surface area contributed by atoms with Gasteiger partial charge in [-0.15, -0.1) is 0 Å². The number of rotatable bonds is 5. The second kappa shape index (κ2) is 8.15. The van der Waals surface area contributed by atoms with Crippen molar-refractivity contribution in [3.05, 3.63) is 107 Å². The fraction of sp³-hybridized carbons (Fsp3) is 0.0769. The number of fused-ring (bicyclic) bond motifs is 1. The summed E-state index contributed by atoms with van der Waals surface area (Å²) < 4.78 is 39.4. The molecule has 1 atom stereocenters. The minimum Gasteiger partial charge on any atom is -0.503 e. The van der Waals surface area contributed by atoms with Crippen LogP contribution in [0.2, 0.25) is 0 Å². The number of Topliss-reactive ketones (excluding diaryl/α,β-unsaturated/α-hetero) is 1. The number of ether oxygens (including phenoxy) is 1. The molecule has 6 nitrogen and oxygen atoms in total. The van der Waals surface area contributed by atoms with Gasteiger partial charge in [0.25, 0.3) is 5.91 Å². The largest absolute Gasteiger partial charge is 0.503 e. The fourth-order valence-corrected chi connectivity index (χ4v) is 4.14. The standard InChI is InChI=1S/C26H17F2NO5/c1-33-19-8-4-5-14-13-20(34-25(14)19)23(30)21-22(17-6-2-3-7-18(17)28)29(26(32)24(21)31)16-11-9-15(27)10-12-16/h2-13,22,31H,1H3. The zero-order valence-electron chi connectivity index (χ0n) is 17.8. The Labute approximate surface area is 192 Å². The SMILES string of the molecule is COc1cccc2cc(C(=O)C3=C(O)C(=O)N(c4ccc(F)cc4)C3c3ccccc3F)oc12. The molecule has 34 heavy (non-hydrogen) atoms. The molecule has 0 radical (unpaired) electrons. The summed E-state index contributed by atoms with van der Waals surface area (Å²) >= 11 is 0. The van der Waals surface area contributed by atoms with Crippen molar-refractivity contribution in [2.45, 2.75) is 6.04 Å². The Morgan fingerprint density at radius 3 is 2.47 bits per heavy atom. The molecular formula is C26H17F2NO5. The molecule has 0 spiro atoms. The van der Waals surface area contributed by atoms with Crippen LogP contribution in [-0.2, 0) is 4.79 Å². The Morgan fingerprint density at radius 1 is 1.03 bits per heavy atom. The van der Waals surface area contributed by atoms with Gasteiger partial charge in [0.05, 0.1) is 18.7 Å². The molecule has 1 amide bonds. The summed E-state index contributed by atoms with van der Waals surface area (Å²) in [4.78, 5) is 27.7. The highest BCUT2D eigenvalue weighted by Gasteiger charge is 2.46. The molecule has 1 aromatic heterocycles. The van der Waals surface area contributed by atoms with E-state index < -0.39 is 35.1 Å². The third-order valence-electron chi connectivity index (χ3n) is 5.71. The van der Waals surface area contributed by atoms with Crippen LogP contribution in [0.25, 0.3) is 11.0 Å². The molecule has 0 saturated carbocycles. The first-order chi connectivity index (χ1) is 16.4. The number of benzene rings is 3. The minimum absolute atomic E-state index is 0.0127. The van der Waals surface area contributed by atoms with Gasteiger partial charge in [0, 0.05) is 16.6 Å². The summed E-state index contributed by atoms with van der Waals surface area (Å²) in [6, 6.07) is 15.8.